The SMILES string of the molecule is O=C(NN=C1C[C@H]2C=CC[C@H]12)c1ccc(Br)o1. The summed E-state index contributed by atoms with van der Waals surface area (Å²) in [5.41, 5.74) is 3.62. The molecule has 1 aromatic rings. The Morgan fingerprint density at radius 1 is 1.53 bits per heavy atom. The highest BCUT2D eigenvalue weighted by molar-refractivity contribution is 9.10. The quantitative estimate of drug-likeness (QED) is 0.673. The van der Waals surface area contributed by atoms with Gasteiger partial charge in [0.2, 0.25) is 0 Å². The Hall–Kier alpha value is -1.36. The predicted octanol–water partition coefficient (Wildman–Crippen LogP) is 2.72. The fraction of sp³-hybridized carbons (Fsp3) is 0.333. The van der Waals surface area contributed by atoms with E-state index < -0.39 is 0 Å². The molecule has 1 aromatic heterocycles. The minimum absolute atomic E-state index is 0.265. The number of furan rings is 1. The lowest BCUT2D eigenvalue weighted by molar-refractivity contribution is 0.0925. The van der Waals surface area contributed by atoms with E-state index in [1.807, 2.05) is 0 Å². The van der Waals surface area contributed by atoms with Crippen molar-refractivity contribution in [1.29, 1.82) is 0 Å². The van der Waals surface area contributed by atoms with Gasteiger partial charge in [-0.15, -0.1) is 0 Å². The molecule has 3 rings (SSSR count). The van der Waals surface area contributed by atoms with Crippen LogP contribution in [-0.4, -0.2) is 11.6 Å². The Morgan fingerprint density at radius 2 is 2.41 bits per heavy atom. The summed E-state index contributed by atoms with van der Waals surface area (Å²) >= 11 is 3.15. The highest BCUT2D eigenvalue weighted by atomic mass is 79.9. The molecule has 4 nitrogen and oxygen atoms in total. The first-order chi connectivity index (χ1) is 8.24. The van der Waals surface area contributed by atoms with Crippen LogP contribution in [-0.2, 0) is 0 Å². The van der Waals surface area contributed by atoms with Gasteiger partial charge in [-0.2, -0.15) is 5.10 Å². The van der Waals surface area contributed by atoms with Gasteiger partial charge in [-0.25, -0.2) is 5.43 Å². The van der Waals surface area contributed by atoms with Crippen molar-refractivity contribution >= 4 is 27.5 Å². The second-order valence-corrected chi connectivity index (χ2v) is 5.07. The first-order valence-corrected chi connectivity index (χ1v) is 6.32. The minimum atomic E-state index is -0.308. The molecular formula is C12H11BrN2O2. The third-order valence-electron chi connectivity index (χ3n) is 3.26. The molecule has 0 aliphatic heterocycles. The lowest BCUT2D eigenvalue weighted by Crippen LogP contribution is -2.35. The van der Waals surface area contributed by atoms with Crippen LogP contribution in [0.15, 0.2) is 38.5 Å². The topological polar surface area (TPSA) is 54.6 Å². The average molecular weight is 295 g/mol. The van der Waals surface area contributed by atoms with E-state index in [1.165, 1.54) is 0 Å². The van der Waals surface area contributed by atoms with Crippen molar-refractivity contribution in [3.63, 3.8) is 0 Å². The standard InChI is InChI=1S/C12H11BrN2O2/c13-11-5-4-10(17-11)12(16)15-14-9-6-7-2-1-3-8(7)9/h1-2,4-5,7-8H,3,6H2,(H,15,16)/t7-,8+/m1/s1. The van der Waals surface area contributed by atoms with Crippen molar-refractivity contribution in [3.05, 3.63) is 34.7 Å². The number of allylic oxidation sites excluding steroid dienone is 2. The lowest BCUT2D eigenvalue weighted by Gasteiger charge is -2.31. The van der Waals surface area contributed by atoms with Gasteiger partial charge in [-0.05, 0) is 46.8 Å². The van der Waals surface area contributed by atoms with Crippen LogP contribution < -0.4 is 5.43 Å². The Bertz CT molecular complexity index is 518. The van der Waals surface area contributed by atoms with E-state index in [0.29, 0.717) is 16.5 Å². The van der Waals surface area contributed by atoms with Gasteiger partial charge in [0.1, 0.15) is 0 Å². The zero-order valence-electron chi connectivity index (χ0n) is 9.02. The first-order valence-electron chi connectivity index (χ1n) is 5.53. The molecule has 17 heavy (non-hydrogen) atoms. The zero-order valence-corrected chi connectivity index (χ0v) is 10.6. The molecule has 1 heterocycles. The monoisotopic (exact) mass is 294 g/mol. The fourth-order valence-corrected chi connectivity index (χ4v) is 2.58. The number of carbonyl (C=O) groups is 1. The zero-order chi connectivity index (χ0) is 11.8. The minimum Gasteiger partial charge on any atom is -0.444 e. The van der Waals surface area contributed by atoms with Gasteiger partial charge in [0.05, 0.1) is 0 Å². The van der Waals surface area contributed by atoms with Crippen LogP contribution in [0.3, 0.4) is 0 Å². The number of carbonyl (C=O) groups excluding carboxylic acids is 1. The number of hydrogen-bond donors (Lipinski definition) is 1. The lowest BCUT2D eigenvalue weighted by atomic mass is 9.74. The molecule has 0 saturated heterocycles. The van der Waals surface area contributed by atoms with E-state index in [4.69, 9.17) is 4.42 Å². The number of hydrogen-bond acceptors (Lipinski definition) is 3. The molecule has 0 aromatic carbocycles. The Balaban J connectivity index is 1.61. The summed E-state index contributed by atoms with van der Waals surface area (Å²) in [6.45, 7) is 0. The van der Waals surface area contributed by atoms with E-state index in [2.05, 4.69) is 38.6 Å². The average Bonchev–Trinajstić information content (AvgIpc) is 2.86. The molecule has 1 N–H and O–H groups in total. The van der Waals surface area contributed by atoms with Crippen LogP contribution in [0.25, 0.3) is 0 Å². The van der Waals surface area contributed by atoms with E-state index in [9.17, 15) is 4.79 Å². The van der Waals surface area contributed by atoms with Gasteiger partial charge in [0.15, 0.2) is 10.4 Å². The molecule has 0 spiro atoms. The second kappa shape index (κ2) is 4.14. The molecule has 0 bridgehead atoms. The van der Waals surface area contributed by atoms with E-state index in [1.54, 1.807) is 12.1 Å². The summed E-state index contributed by atoms with van der Waals surface area (Å²) in [4.78, 5) is 11.6. The van der Waals surface area contributed by atoms with Crippen LogP contribution in [0.2, 0.25) is 0 Å². The summed E-state index contributed by atoms with van der Waals surface area (Å²) in [5.74, 6) is 1.11. The molecule has 0 radical (unpaired) electrons. The van der Waals surface area contributed by atoms with E-state index in [0.717, 1.165) is 18.6 Å². The van der Waals surface area contributed by atoms with Crippen molar-refractivity contribution < 1.29 is 9.21 Å². The molecule has 2 aliphatic carbocycles. The highest BCUT2D eigenvalue weighted by Crippen LogP contribution is 2.40. The van der Waals surface area contributed by atoms with Gasteiger partial charge >= 0.3 is 5.91 Å². The number of hydrazone groups is 1. The van der Waals surface area contributed by atoms with Crippen LogP contribution in [0.5, 0.6) is 0 Å². The van der Waals surface area contributed by atoms with Crippen LogP contribution in [0.1, 0.15) is 23.4 Å². The molecular weight excluding hydrogens is 284 g/mol. The third kappa shape index (κ3) is 1.95. The number of fused-ring (bicyclic) bond motifs is 1. The first kappa shape index (κ1) is 10.8. The summed E-state index contributed by atoms with van der Waals surface area (Å²) in [6.07, 6.45) is 6.42. The maximum absolute atomic E-state index is 11.6. The summed E-state index contributed by atoms with van der Waals surface area (Å²) in [6, 6.07) is 3.29. The van der Waals surface area contributed by atoms with E-state index >= 15 is 0 Å². The fourth-order valence-electron chi connectivity index (χ4n) is 2.28. The van der Waals surface area contributed by atoms with Gasteiger partial charge in [-0.1, -0.05) is 12.2 Å². The van der Waals surface area contributed by atoms with Gasteiger partial charge in [0, 0.05) is 11.6 Å². The number of halogens is 1. The molecule has 88 valence electrons. The molecule has 2 atom stereocenters. The number of nitrogens with one attached hydrogen (secondary N) is 1. The Morgan fingerprint density at radius 3 is 3.12 bits per heavy atom. The largest absolute Gasteiger partial charge is 0.444 e. The van der Waals surface area contributed by atoms with Gasteiger partial charge < -0.3 is 4.42 Å². The third-order valence-corrected chi connectivity index (χ3v) is 3.69. The normalized spacial score (nSPS) is 27.9. The van der Waals surface area contributed by atoms with Crippen molar-refractivity contribution in [2.45, 2.75) is 12.8 Å². The molecule has 1 fully saturated rings. The smallest absolute Gasteiger partial charge is 0.307 e. The summed E-state index contributed by atoms with van der Waals surface area (Å²) < 4.78 is 5.68. The maximum Gasteiger partial charge on any atom is 0.307 e. The second-order valence-electron chi connectivity index (χ2n) is 4.29. The van der Waals surface area contributed by atoms with Gasteiger partial charge in [0.25, 0.3) is 0 Å². The van der Waals surface area contributed by atoms with Crippen molar-refractivity contribution in [3.8, 4) is 0 Å². The summed E-state index contributed by atoms with van der Waals surface area (Å²) in [7, 11) is 0. The van der Waals surface area contributed by atoms with Crippen molar-refractivity contribution in [2.24, 2.45) is 16.9 Å². The van der Waals surface area contributed by atoms with Crippen LogP contribution in [0.4, 0.5) is 0 Å². The Labute approximate surface area is 107 Å². The van der Waals surface area contributed by atoms with E-state index in [-0.39, 0.29) is 11.7 Å². The maximum atomic E-state index is 11.6. The summed E-state index contributed by atoms with van der Waals surface area (Å²) in [5, 5.41) is 4.16. The molecule has 2 aliphatic rings. The molecule has 1 amide bonds. The molecule has 5 heteroatoms. The van der Waals surface area contributed by atoms with Gasteiger partial charge in [-0.3, -0.25) is 4.79 Å². The Kier molecular flexibility index (Phi) is 2.63. The van der Waals surface area contributed by atoms with Crippen molar-refractivity contribution in [1.82, 2.24) is 5.43 Å². The molecule has 1 saturated carbocycles. The molecule has 0 unspecified atom stereocenters. The van der Waals surface area contributed by atoms with Crippen molar-refractivity contribution in [2.75, 3.05) is 0 Å². The van der Waals surface area contributed by atoms with Crippen LogP contribution in [0, 0.1) is 11.8 Å². The highest BCUT2D eigenvalue weighted by Gasteiger charge is 2.38. The number of nitrogens with zero attached hydrogens (tertiary/aromatic N) is 1. The predicted molar refractivity (Wildman–Crippen MR) is 66.7 cm³/mol. The number of amides is 1. The van der Waals surface area contributed by atoms with Crippen LogP contribution >= 0.6 is 15.9 Å². The number of rotatable bonds is 2.